The van der Waals surface area contributed by atoms with Crippen LogP contribution in [0, 0.1) is 5.82 Å². The molecule has 0 aliphatic carbocycles. The van der Waals surface area contributed by atoms with Gasteiger partial charge in [0.05, 0.1) is 0 Å². The summed E-state index contributed by atoms with van der Waals surface area (Å²) in [6, 6.07) is 9.94. The lowest BCUT2D eigenvalue weighted by Gasteiger charge is -2.06. The van der Waals surface area contributed by atoms with Crippen molar-refractivity contribution < 1.29 is 4.39 Å². The molecular formula is C12H10ClFN2. The van der Waals surface area contributed by atoms with E-state index in [2.05, 4.69) is 10.3 Å². The quantitative estimate of drug-likeness (QED) is 0.826. The summed E-state index contributed by atoms with van der Waals surface area (Å²) in [6.45, 7) is 0.591. The van der Waals surface area contributed by atoms with Crippen molar-refractivity contribution in [1.29, 1.82) is 0 Å². The highest BCUT2D eigenvalue weighted by atomic mass is 35.5. The number of anilines is 1. The smallest absolute Gasteiger partial charge is 0.129 e. The Kier molecular flexibility index (Phi) is 3.37. The second-order valence-electron chi connectivity index (χ2n) is 3.35. The number of hydrogen-bond donors (Lipinski definition) is 1. The van der Waals surface area contributed by atoms with E-state index in [9.17, 15) is 4.39 Å². The van der Waals surface area contributed by atoms with E-state index >= 15 is 0 Å². The third-order valence-electron chi connectivity index (χ3n) is 2.11. The summed E-state index contributed by atoms with van der Waals surface area (Å²) in [5, 5.41) is 3.57. The van der Waals surface area contributed by atoms with Gasteiger partial charge in [0.25, 0.3) is 0 Å². The van der Waals surface area contributed by atoms with Gasteiger partial charge in [-0.25, -0.2) is 9.37 Å². The molecule has 1 aromatic heterocycles. The first-order chi connectivity index (χ1) is 7.74. The van der Waals surface area contributed by atoms with E-state index in [-0.39, 0.29) is 5.82 Å². The van der Waals surface area contributed by atoms with E-state index in [0.29, 0.717) is 11.7 Å². The fourth-order valence-corrected chi connectivity index (χ4v) is 1.43. The Bertz CT molecular complexity index is 471. The van der Waals surface area contributed by atoms with Crippen LogP contribution in [0.4, 0.5) is 10.1 Å². The van der Waals surface area contributed by atoms with E-state index in [0.717, 1.165) is 11.3 Å². The number of aromatic nitrogens is 1. The molecule has 0 aliphatic rings. The number of pyridine rings is 1. The van der Waals surface area contributed by atoms with Gasteiger partial charge in [0.2, 0.25) is 0 Å². The molecule has 2 nitrogen and oxygen atoms in total. The maximum atomic E-state index is 12.9. The number of nitrogens with zero attached hydrogens (tertiary/aromatic N) is 1. The lowest BCUT2D eigenvalue weighted by Crippen LogP contribution is -1.99. The molecule has 0 bridgehead atoms. The standard InChI is InChI=1S/C12H10ClFN2/c13-12-5-4-9(8-16-12)7-15-11-3-1-2-10(14)6-11/h1-6,8,15H,7H2. The molecule has 0 atom stereocenters. The maximum absolute atomic E-state index is 12.9. The molecule has 1 aromatic carbocycles. The van der Waals surface area contributed by atoms with Gasteiger partial charge < -0.3 is 5.32 Å². The minimum absolute atomic E-state index is 0.251. The van der Waals surface area contributed by atoms with E-state index in [4.69, 9.17) is 11.6 Å². The van der Waals surface area contributed by atoms with Gasteiger partial charge >= 0.3 is 0 Å². The Hall–Kier alpha value is -1.61. The summed E-state index contributed by atoms with van der Waals surface area (Å²) >= 11 is 5.67. The number of rotatable bonds is 3. The maximum Gasteiger partial charge on any atom is 0.129 e. The average molecular weight is 237 g/mol. The fraction of sp³-hybridized carbons (Fsp3) is 0.0833. The van der Waals surface area contributed by atoms with Crippen LogP contribution in [0.3, 0.4) is 0 Å². The summed E-state index contributed by atoms with van der Waals surface area (Å²) in [5.41, 5.74) is 1.74. The first-order valence-corrected chi connectivity index (χ1v) is 5.22. The lowest BCUT2D eigenvalue weighted by atomic mass is 10.2. The van der Waals surface area contributed by atoms with Crippen molar-refractivity contribution in [2.24, 2.45) is 0 Å². The molecule has 1 N–H and O–H groups in total. The van der Waals surface area contributed by atoms with Crippen LogP contribution in [0.15, 0.2) is 42.6 Å². The first-order valence-electron chi connectivity index (χ1n) is 4.84. The van der Waals surface area contributed by atoms with Gasteiger partial charge in [-0.05, 0) is 29.8 Å². The molecule has 2 rings (SSSR count). The van der Waals surface area contributed by atoms with Crippen LogP contribution >= 0.6 is 11.6 Å². The van der Waals surface area contributed by atoms with E-state index in [1.165, 1.54) is 12.1 Å². The molecule has 0 aliphatic heterocycles. The molecule has 4 heteroatoms. The van der Waals surface area contributed by atoms with E-state index < -0.39 is 0 Å². The Morgan fingerprint density at radius 3 is 2.81 bits per heavy atom. The van der Waals surface area contributed by atoms with Crippen LogP contribution in [-0.2, 0) is 6.54 Å². The SMILES string of the molecule is Fc1cccc(NCc2ccc(Cl)nc2)c1. The predicted octanol–water partition coefficient (Wildman–Crippen LogP) is 3.49. The van der Waals surface area contributed by atoms with Gasteiger partial charge in [-0.1, -0.05) is 23.7 Å². The third kappa shape index (κ3) is 2.94. The van der Waals surface area contributed by atoms with Crippen molar-refractivity contribution in [3.8, 4) is 0 Å². The van der Waals surface area contributed by atoms with Crippen molar-refractivity contribution in [1.82, 2.24) is 4.98 Å². The van der Waals surface area contributed by atoms with Gasteiger partial charge in [-0.3, -0.25) is 0 Å². The molecule has 82 valence electrons. The molecule has 0 radical (unpaired) electrons. The molecule has 16 heavy (non-hydrogen) atoms. The summed E-state index contributed by atoms with van der Waals surface area (Å²) in [6.07, 6.45) is 1.69. The second kappa shape index (κ2) is 4.94. The average Bonchev–Trinajstić information content (AvgIpc) is 2.28. The first kappa shape index (κ1) is 10.9. The molecule has 1 heterocycles. The number of halogens is 2. The molecule has 0 saturated heterocycles. The fourth-order valence-electron chi connectivity index (χ4n) is 1.31. The van der Waals surface area contributed by atoms with E-state index in [1.807, 2.05) is 12.1 Å². The Morgan fingerprint density at radius 2 is 2.12 bits per heavy atom. The number of benzene rings is 1. The highest BCUT2D eigenvalue weighted by Crippen LogP contribution is 2.11. The molecule has 2 aromatic rings. The van der Waals surface area contributed by atoms with Gasteiger partial charge in [-0.15, -0.1) is 0 Å². The van der Waals surface area contributed by atoms with Crippen LogP contribution in [0.1, 0.15) is 5.56 Å². The van der Waals surface area contributed by atoms with Crippen molar-refractivity contribution in [2.75, 3.05) is 5.32 Å². The Balaban J connectivity index is 1.99. The van der Waals surface area contributed by atoms with Crippen LogP contribution in [-0.4, -0.2) is 4.98 Å². The normalized spacial score (nSPS) is 10.1. The van der Waals surface area contributed by atoms with Crippen molar-refractivity contribution in [3.63, 3.8) is 0 Å². The molecule has 0 fully saturated rings. The topological polar surface area (TPSA) is 24.9 Å². The molecule has 0 spiro atoms. The minimum atomic E-state index is -0.251. The summed E-state index contributed by atoms with van der Waals surface area (Å²) < 4.78 is 12.9. The van der Waals surface area contributed by atoms with Gasteiger partial charge in [0, 0.05) is 18.4 Å². The van der Waals surface area contributed by atoms with Crippen LogP contribution in [0.25, 0.3) is 0 Å². The van der Waals surface area contributed by atoms with Crippen molar-refractivity contribution in [3.05, 3.63) is 59.1 Å². The van der Waals surface area contributed by atoms with Gasteiger partial charge in [0.15, 0.2) is 0 Å². The predicted molar refractivity (Wildman–Crippen MR) is 63.0 cm³/mol. The van der Waals surface area contributed by atoms with Crippen molar-refractivity contribution >= 4 is 17.3 Å². The van der Waals surface area contributed by atoms with Crippen molar-refractivity contribution in [2.45, 2.75) is 6.54 Å². The highest BCUT2D eigenvalue weighted by molar-refractivity contribution is 6.29. The lowest BCUT2D eigenvalue weighted by molar-refractivity contribution is 0.628. The van der Waals surface area contributed by atoms with Gasteiger partial charge in [0.1, 0.15) is 11.0 Å². The molecular weight excluding hydrogens is 227 g/mol. The Labute approximate surface area is 98.1 Å². The van der Waals surface area contributed by atoms with Crippen LogP contribution in [0.5, 0.6) is 0 Å². The molecule has 0 saturated carbocycles. The zero-order valence-electron chi connectivity index (χ0n) is 8.45. The highest BCUT2D eigenvalue weighted by Gasteiger charge is 1.96. The summed E-state index contributed by atoms with van der Waals surface area (Å²) in [5.74, 6) is -0.251. The number of nitrogens with one attached hydrogen (secondary N) is 1. The monoisotopic (exact) mass is 236 g/mol. The minimum Gasteiger partial charge on any atom is -0.381 e. The third-order valence-corrected chi connectivity index (χ3v) is 2.33. The summed E-state index contributed by atoms with van der Waals surface area (Å²) in [4.78, 5) is 3.96. The zero-order valence-corrected chi connectivity index (χ0v) is 9.21. The largest absolute Gasteiger partial charge is 0.381 e. The van der Waals surface area contributed by atoms with Crippen LogP contribution < -0.4 is 5.32 Å². The van der Waals surface area contributed by atoms with E-state index in [1.54, 1.807) is 18.3 Å². The zero-order chi connectivity index (χ0) is 11.4. The second-order valence-corrected chi connectivity index (χ2v) is 3.74. The number of hydrogen-bond acceptors (Lipinski definition) is 2. The molecule has 0 unspecified atom stereocenters. The van der Waals surface area contributed by atoms with Crippen LogP contribution in [0.2, 0.25) is 5.15 Å². The Morgan fingerprint density at radius 1 is 1.25 bits per heavy atom. The molecule has 0 amide bonds. The summed E-state index contributed by atoms with van der Waals surface area (Å²) in [7, 11) is 0. The van der Waals surface area contributed by atoms with Gasteiger partial charge in [-0.2, -0.15) is 0 Å².